The first-order chi connectivity index (χ1) is 8.81. The van der Waals surface area contributed by atoms with E-state index in [1.54, 1.807) is 6.92 Å². The largest absolute Gasteiger partial charge is 0.389 e. The van der Waals surface area contributed by atoms with Gasteiger partial charge in [0.1, 0.15) is 0 Å². The minimum Gasteiger partial charge on any atom is -0.389 e. The molecule has 3 heteroatoms. The molecule has 0 aliphatic carbocycles. The number of halogens is 1. The van der Waals surface area contributed by atoms with Crippen LogP contribution < -0.4 is 4.90 Å². The first-order valence-electron chi connectivity index (χ1n) is 7.03. The second-order valence-electron chi connectivity index (χ2n) is 6.08. The van der Waals surface area contributed by atoms with Crippen LogP contribution >= 0.6 is 15.9 Å². The minimum absolute atomic E-state index is 0.422. The normalized spacial score (nSPS) is 13.1. The van der Waals surface area contributed by atoms with Gasteiger partial charge in [-0.1, -0.05) is 33.8 Å². The summed E-state index contributed by atoms with van der Waals surface area (Å²) in [6, 6.07) is 6.14. The molecule has 1 N–H and O–H groups in total. The van der Waals surface area contributed by atoms with Crippen LogP contribution in [0.25, 0.3) is 0 Å². The molecule has 19 heavy (non-hydrogen) atoms. The Morgan fingerprint density at radius 2 is 1.58 bits per heavy atom. The molecule has 0 amide bonds. The molecule has 0 heterocycles. The summed E-state index contributed by atoms with van der Waals surface area (Å²) in [5, 5.41) is 9.63. The highest BCUT2D eigenvalue weighted by Crippen LogP contribution is 2.30. The molecule has 2 nitrogen and oxygen atoms in total. The Morgan fingerprint density at radius 1 is 1.05 bits per heavy atom. The summed E-state index contributed by atoms with van der Waals surface area (Å²) in [7, 11) is 0. The predicted octanol–water partition coefficient (Wildman–Crippen LogP) is 4.62. The van der Waals surface area contributed by atoms with Crippen molar-refractivity contribution in [2.45, 2.75) is 40.7 Å². The maximum Gasteiger partial charge on any atom is 0.0762 e. The van der Waals surface area contributed by atoms with Gasteiger partial charge >= 0.3 is 0 Å². The van der Waals surface area contributed by atoms with Crippen LogP contribution in [0, 0.1) is 11.8 Å². The molecule has 0 fully saturated rings. The summed E-state index contributed by atoms with van der Waals surface area (Å²) >= 11 is 3.64. The zero-order valence-corrected chi connectivity index (χ0v) is 14.2. The van der Waals surface area contributed by atoms with Crippen molar-refractivity contribution in [1.29, 1.82) is 0 Å². The lowest BCUT2D eigenvalue weighted by Crippen LogP contribution is -2.31. The van der Waals surface area contributed by atoms with E-state index in [1.165, 1.54) is 5.69 Å². The van der Waals surface area contributed by atoms with Crippen LogP contribution in [0.15, 0.2) is 22.7 Å². The zero-order valence-electron chi connectivity index (χ0n) is 12.7. The van der Waals surface area contributed by atoms with Crippen molar-refractivity contribution >= 4 is 21.6 Å². The lowest BCUT2D eigenvalue weighted by molar-refractivity contribution is 0.199. The standard InChI is InChI=1S/C16H26BrNO/c1-11(2)9-18(10-12(3)4)16-7-6-14(13(5)19)8-15(16)17/h6-8,11-13,19H,9-10H2,1-5H3. The van der Waals surface area contributed by atoms with E-state index < -0.39 is 6.10 Å². The summed E-state index contributed by atoms with van der Waals surface area (Å²) in [6.45, 7) is 12.9. The Balaban J connectivity index is 3.01. The monoisotopic (exact) mass is 327 g/mol. The molecule has 0 aromatic heterocycles. The van der Waals surface area contributed by atoms with Crippen molar-refractivity contribution in [2.75, 3.05) is 18.0 Å². The van der Waals surface area contributed by atoms with E-state index >= 15 is 0 Å². The molecule has 0 spiro atoms. The van der Waals surface area contributed by atoms with Gasteiger partial charge in [-0.25, -0.2) is 0 Å². The van der Waals surface area contributed by atoms with Crippen LogP contribution in [-0.2, 0) is 0 Å². The fraction of sp³-hybridized carbons (Fsp3) is 0.625. The van der Waals surface area contributed by atoms with Crippen molar-refractivity contribution in [1.82, 2.24) is 0 Å². The van der Waals surface area contributed by atoms with Gasteiger partial charge in [0.2, 0.25) is 0 Å². The predicted molar refractivity (Wildman–Crippen MR) is 86.7 cm³/mol. The highest BCUT2D eigenvalue weighted by Gasteiger charge is 2.14. The summed E-state index contributed by atoms with van der Waals surface area (Å²) in [5.74, 6) is 1.25. The van der Waals surface area contributed by atoms with Gasteiger partial charge in [-0.05, 0) is 52.4 Å². The first-order valence-corrected chi connectivity index (χ1v) is 7.83. The smallest absolute Gasteiger partial charge is 0.0762 e. The van der Waals surface area contributed by atoms with E-state index in [0.717, 1.165) is 23.1 Å². The van der Waals surface area contributed by atoms with Gasteiger partial charge in [0.05, 0.1) is 11.8 Å². The summed E-state index contributed by atoms with van der Waals surface area (Å²) < 4.78 is 1.06. The van der Waals surface area contributed by atoms with E-state index in [2.05, 4.69) is 54.6 Å². The van der Waals surface area contributed by atoms with Crippen molar-refractivity contribution in [3.05, 3.63) is 28.2 Å². The quantitative estimate of drug-likeness (QED) is 0.823. The summed E-state index contributed by atoms with van der Waals surface area (Å²) in [6.07, 6.45) is -0.422. The molecule has 108 valence electrons. The number of aliphatic hydroxyl groups is 1. The van der Waals surface area contributed by atoms with Crippen molar-refractivity contribution in [3.8, 4) is 0 Å². The number of aliphatic hydroxyl groups excluding tert-OH is 1. The highest BCUT2D eigenvalue weighted by atomic mass is 79.9. The van der Waals surface area contributed by atoms with E-state index in [4.69, 9.17) is 0 Å². The van der Waals surface area contributed by atoms with Gasteiger partial charge in [-0.15, -0.1) is 0 Å². The Labute approximate surface area is 126 Å². The zero-order chi connectivity index (χ0) is 14.6. The number of rotatable bonds is 6. The van der Waals surface area contributed by atoms with Crippen molar-refractivity contribution < 1.29 is 5.11 Å². The molecule has 1 rings (SSSR count). The van der Waals surface area contributed by atoms with E-state index in [1.807, 2.05) is 12.1 Å². The van der Waals surface area contributed by atoms with Gasteiger partial charge in [0.15, 0.2) is 0 Å². The molecule has 0 saturated carbocycles. The Bertz CT molecular complexity index is 392. The molecule has 0 radical (unpaired) electrons. The van der Waals surface area contributed by atoms with Crippen LogP contribution in [0.3, 0.4) is 0 Å². The first kappa shape index (κ1) is 16.5. The lowest BCUT2D eigenvalue weighted by atomic mass is 10.1. The molecule has 0 bridgehead atoms. The third-order valence-corrected chi connectivity index (χ3v) is 3.60. The van der Waals surface area contributed by atoms with Crippen LogP contribution in [0.2, 0.25) is 0 Å². The summed E-state index contributed by atoms with van der Waals surface area (Å²) in [5.41, 5.74) is 2.16. The fourth-order valence-corrected chi connectivity index (χ4v) is 2.84. The number of hydrogen-bond acceptors (Lipinski definition) is 2. The fourth-order valence-electron chi connectivity index (χ4n) is 2.19. The molecule has 0 aliphatic rings. The molecule has 1 atom stereocenters. The van der Waals surface area contributed by atoms with Crippen molar-refractivity contribution in [3.63, 3.8) is 0 Å². The van der Waals surface area contributed by atoms with E-state index in [9.17, 15) is 5.11 Å². The average molecular weight is 328 g/mol. The molecule has 1 unspecified atom stereocenters. The SMILES string of the molecule is CC(C)CN(CC(C)C)c1ccc(C(C)O)cc1Br. The Morgan fingerprint density at radius 3 is 1.95 bits per heavy atom. The number of hydrogen-bond donors (Lipinski definition) is 1. The number of nitrogens with zero attached hydrogens (tertiary/aromatic N) is 1. The molecule has 1 aromatic rings. The number of anilines is 1. The second kappa shape index (κ2) is 7.30. The van der Waals surface area contributed by atoms with Crippen molar-refractivity contribution in [2.24, 2.45) is 11.8 Å². The minimum atomic E-state index is -0.422. The maximum atomic E-state index is 9.63. The average Bonchev–Trinajstić information content (AvgIpc) is 2.26. The number of benzene rings is 1. The van der Waals surface area contributed by atoms with E-state index in [-0.39, 0.29) is 0 Å². The van der Waals surface area contributed by atoms with Crippen LogP contribution in [0.1, 0.15) is 46.3 Å². The molecular formula is C16H26BrNO. The van der Waals surface area contributed by atoms with Crippen LogP contribution in [0.5, 0.6) is 0 Å². The van der Waals surface area contributed by atoms with Gasteiger partial charge in [-0.3, -0.25) is 0 Å². The van der Waals surface area contributed by atoms with Crippen LogP contribution in [0.4, 0.5) is 5.69 Å². The van der Waals surface area contributed by atoms with Gasteiger partial charge in [0, 0.05) is 17.6 Å². The Kier molecular flexibility index (Phi) is 6.34. The second-order valence-corrected chi connectivity index (χ2v) is 6.93. The van der Waals surface area contributed by atoms with Gasteiger partial charge in [-0.2, -0.15) is 0 Å². The topological polar surface area (TPSA) is 23.5 Å². The molecular weight excluding hydrogens is 302 g/mol. The highest BCUT2D eigenvalue weighted by molar-refractivity contribution is 9.10. The summed E-state index contributed by atoms with van der Waals surface area (Å²) in [4.78, 5) is 2.42. The third kappa shape index (κ3) is 5.15. The van der Waals surface area contributed by atoms with E-state index in [0.29, 0.717) is 11.8 Å². The maximum absolute atomic E-state index is 9.63. The van der Waals surface area contributed by atoms with Gasteiger partial charge in [0.25, 0.3) is 0 Å². The lowest BCUT2D eigenvalue weighted by Gasteiger charge is -2.29. The molecule has 0 aliphatic heterocycles. The van der Waals surface area contributed by atoms with Gasteiger partial charge < -0.3 is 10.0 Å². The third-order valence-electron chi connectivity index (χ3n) is 2.97. The Hall–Kier alpha value is -0.540. The van der Waals surface area contributed by atoms with Crippen LogP contribution in [-0.4, -0.2) is 18.2 Å². The molecule has 0 saturated heterocycles. The molecule has 1 aromatic carbocycles.